The lowest BCUT2D eigenvalue weighted by Gasteiger charge is -2.23. The second-order valence-corrected chi connectivity index (χ2v) is 5.66. The first-order valence-corrected chi connectivity index (χ1v) is 6.43. The summed E-state index contributed by atoms with van der Waals surface area (Å²) in [6.45, 7) is 9.68. The van der Waals surface area contributed by atoms with E-state index in [1.807, 2.05) is 0 Å². The molecule has 1 aliphatic rings. The van der Waals surface area contributed by atoms with Gasteiger partial charge in [-0.25, -0.2) is 0 Å². The van der Waals surface area contributed by atoms with Crippen LogP contribution in [0.25, 0.3) is 0 Å². The third-order valence-corrected chi connectivity index (χ3v) is 3.44. The summed E-state index contributed by atoms with van der Waals surface area (Å²) in [6, 6.07) is 0.671. The summed E-state index contributed by atoms with van der Waals surface area (Å²) >= 11 is 0. The molecular weight excluding hydrogens is 186 g/mol. The van der Waals surface area contributed by atoms with Crippen LogP contribution in [0.4, 0.5) is 0 Å². The second kappa shape index (κ2) is 5.86. The van der Waals surface area contributed by atoms with E-state index in [9.17, 15) is 5.11 Å². The minimum Gasteiger partial charge on any atom is -0.393 e. The highest BCUT2D eigenvalue weighted by molar-refractivity contribution is 4.88. The number of aliphatic hydroxyl groups is 1. The van der Waals surface area contributed by atoms with E-state index in [0.29, 0.717) is 17.9 Å². The molecule has 0 spiro atoms. The summed E-state index contributed by atoms with van der Waals surface area (Å²) in [4.78, 5) is 0. The molecule has 0 aromatic heterocycles. The van der Waals surface area contributed by atoms with E-state index in [1.165, 1.54) is 12.8 Å². The van der Waals surface area contributed by atoms with Crippen molar-refractivity contribution in [3.63, 3.8) is 0 Å². The van der Waals surface area contributed by atoms with Crippen LogP contribution >= 0.6 is 0 Å². The zero-order valence-corrected chi connectivity index (χ0v) is 10.7. The van der Waals surface area contributed by atoms with E-state index < -0.39 is 0 Å². The minimum absolute atomic E-state index is 0.149. The average Bonchev–Trinajstić information content (AvgIpc) is 2.94. The highest BCUT2D eigenvalue weighted by Gasteiger charge is 2.32. The molecule has 0 amide bonds. The summed E-state index contributed by atoms with van der Waals surface area (Å²) < 4.78 is 0. The minimum atomic E-state index is -0.149. The normalized spacial score (nSPS) is 21.0. The molecule has 1 aliphatic carbocycles. The Bertz CT molecular complexity index is 173. The summed E-state index contributed by atoms with van der Waals surface area (Å²) in [5.41, 5.74) is 0. The highest BCUT2D eigenvalue weighted by atomic mass is 16.3. The van der Waals surface area contributed by atoms with Gasteiger partial charge in [0.05, 0.1) is 6.10 Å². The van der Waals surface area contributed by atoms with E-state index in [2.05, 4.69) is 33.0 Å². The fourth-order valence-corrected chi connectivity index (χ4v) is 2.13. The van der Waals surface area contributed by atoms with Gasteiger partial charge in [0.1, 0.15) is 0 Å². The molecule has 1 fully saturated rings. The van der Waals surface area contributed by atoms with Crippen LogP contribution in [0.1, 0.15) is 47.0 Å². The molecule has 2 nitrogen and oxygen atoms in total. The molecule has 90 valence electrons. The van der Waals surface area contributed by atoms with Crippen molar-refractivity contribution in [1.29, 1.82) is 0 Å². The van der Waals surface area contributed by atoms with Crippen LogP contribution in [0.5, 0.6) is 0 Å². The van der Waals surface area contributed by atoms with Crippen LogP contribution in [0, 0.1) is 17.8 Å². The molecule has 2 atom stereocenters. The fraction of sp³-hybridized carbons (Fsp3) is 1.00. The van der Waals surface area contributed by atoms with Crippen molar-refractivity contribution in [2.45, 2.75) is 59.1 Å². The molecule has 0 bridgehead atoms. The molecule has 1 saturated carbocycles. The monoisotopic (exact) mass is 213 g/mol. The van der Waals surface area contributed by atoms with Crippen molar-refractivity contribution in [2.75, 3.05) is 6.54 Å². The summed E-state index contributed by atoms with van der Waals surface area (Å²) in [5.74, 6) is 2.00. The van der Waals surface area contributed by atoms with Crippen LogP contribution in [0.3, 0.4) is 0 Å². The molecule has 15 heavy (non-hydrogen) atoms. The number of aliphatic hydroxyl groups excluding tert-OH is 1. The lowest BCUT2D eigenvalue weighted by atomic mass is 9.98. The van der Waals surface area contributed by atoms with Crippen LogP contribution in [-0.2, 0) is 0 Å². The van der Waals surface area contributed by atoms with Crippen molar-refractivity contribution in [3.8, 4) is 0 Å². The SMILES string of the molecule is CC(C)C(O)CCNC(C(C)C)C1CC1. The Hall–Kier alpha value is -0.0800. The van der Waals surface area contributed by atoms with Crippen molar-refractivity contribution >= 4 is 0 Å². The Morgan fingerprint density at radius 3 is 2.13 bits per heavy atom. The van der Waals surface area contributed by atoms with Gasteiger partial charge in [-0.2, -0.15) is 0 Å². The maximum absolute atomic E-state index is 9.69. The zero-order chi connectivity index (χ0) is 11.4. The quantitative estimate of drug-likeness (QED) is 0.681. The molecule has 2 unspecified atom stereocenters. The lowest BCUT2D eigenvalue weighted by molar-refractivity contribution is 0.114. The lowest BCUT2D eigenvalue weighted by Crippen LogP contribution is -2.37. The van der Waals surface area contributed by atoms with E-state index in [1.54, 1.807) is 0 Å². The predicted molar refractivity (Wildman–Crippen MR) is 64.8 cm³/mol. The number of rotatable bonds is 7. The largest absolute Gasteiger partial charge is 0.393 e. The maximum atomic E-state index is 9.69. The van der Waals surface area contributed by atoms with Gasteiger partial charge < -0.3 is 10.4 Å². The first-order chi connectivity index (χ1) is 7.02. The smallest absolute Gasteiger partial charge is 0.0575 e. The van der Waals surface area contributed by atoms with Gasteiger partial charge in [0, 0.05) is 6.04 Å². The van der Waals surface area contributed by atoms with Crippen molar-refractivity contribution < 1.29 is 5.11 Å². The summed E-state index contributed by atoms with van der Waals surface area (Å²) in [7, 11) is 0. The molecule has 1 rings (SSSR count). The molecule has 0 aromatic rings. The summed E-state index contributed by atoms with van der Waals surface area (Å²) in [6.07, 6.45) is 3.52. The molecule has 2 N–H and O–H groups in total. The fourth-order valence-electron chi connectivity index (χ4n) is 2.13. The Labute approximate surface area is 94.5 Å². The topological polar surface area (TPSA) is 32.3 Å². The molecule has 0 heterocycles. The molecule has 2 heteroatoms. The van der Waals surface area contributed by atoms with Crippen LogP contribution in [0.15, 0.2) is 0 Å². The average molecular weight is 213 g/mol. The number of hydrogen-bond donors (Lipinski definition) is 2. The van der Waals surface area contributed by atoms with E-state index >= 15 is 0 Å². The Balaban J connectivity index is 2.16. The van der Waals surface area contributed by atoms with E-state index in [4.69, 9.17) is 0 Å². The first-order valence-electron chi connectivity index (χ1n) is 6.43. The molecule has 0 aromatic carbocycles. The van der Waals surface area contributed by atoms with E-state index in [0.717, 1.165) is 18.9 Å². The van der Waals surface area contributed by atoms with Gasteiger partial charge in [0.15, 0.2) is 0 Å². The zero-order valence-electron chi connectivity index (χ0n) is 10.7. The summed E-state index contributed by atoms with van der Waals surface area (Å²) in [5, 5.41) is 13.3. The van der Waals surface area contributed by atoms with Crippen LogP contribution in [-0.4, -0.2) is 23.8 Å². The Morgan fingerprint density at radius 2 is 1.73 bits per heavy atom. The molecular formula is C13H27NO. The Morgan fingerprint density at radius 1 is 1.13 bits per heavy atom. The molecule has 0 saturated heterocycles. The maximum Gasteiger partial charge on any atom is 0.0575 e. The first kappa shape index (κ1) is 13.0. The van der Waals surface area contributed by atoms with Gasteiger partial charge in [-0.1, -0.05) is 27.7 Å². The highest BCUT2D eigenvalue weighted by Crippen LogP contribution is 2.35. The number of nitrogens with one attached hydrogen (secondary N) is 1. The van der Waals surface area contributed by atoms with Crippen LogP contribution < -0.4 is 5.32 Å². The van der Waals surface area contributed by atoms with Gasteiger partial charge in [-0.3, -0.25) is 0 Å². The van der Waals surface area contributed by atoms with Gasteiger partial charge in [0.25, 0.3) is 0 Å². The van der Waals surface area contributed by atoms with Crippen molar-refractivity contribution in [3.05, 3.63) is 0 Å². The van der Waals surface area contributed by atoms with E-state index in [-0.39, 0.29) is 6.10 Å². The van der Waals surface area contributed by atoms with Crippen molar-refractivity contribution in [1.82, 2.24) is 5.32 Å². The van der Waals surface area contributed by atoms with Gasteiger partial charge in [-0.05, 0) is 43.6 Å². The predicted octanol–water partition coefficient (Wildman–Crippen LogP) is 2.42. The molecule has 0 aliphatic heterocycles. The van der Waals surface area contributed by atoms with Crippen LogP contribution in [0.2, 0.25) is 0 Å². The second-order valence-electron chi connectivity index (χ2n) is 5.66. The Kier molecular flexibility index (Phi) is 5.07. The van der Waals surface area contributed by atoms with Gasteiger partial charge in [-0.15, -0.1) is 0 Å². The van der Waals surface area contributed by atoms with Gasteiger partial charge >= 0.3 is 0 Å². The third-order valence-electron chi connectivity index (χ3n) is 3.44. The third kappa shape index (κ3) is 4.52. The van der Waals surface area contributed by atoms with Crippen molar-refractivity contribution in [2.24, 2.45) is 17.8 Å². The number of hydrogen-bond acceptors (Lipinski definition) is 2. The molecule has 0 radical (unpaired) electrons. The standard InChI is InChI=1S/C13H27NO/c1-9(2)12(15)7-8-14-13(10(3)4)11-5-6-11/h9-15H,5-8H2,1-4H3. The van der Waals surface area contributed by atoms with Gasteiger partial charge in [0.2, 0.25) is 0 Å².